The molecule has 1 aliphatic carbocycles. The number of amidine groups is 1. The van der Waals surface area contributed by atoms with Crippen LogP contribution in [0.25, 0.3) is 0 Å². The number of hydrazone groups is 1. The molecule has 96 valence electrons. The van der Waals surface area contributed by atoms with Crippen LogP contribution in [-0.4, -0.2) is 35.7 Å². The quantitative estimate of drug-likeness (QED) is 0.793. The van der Waals surface area contributed by atoms with E-state index in [1.54, 1.807) is 0 Å². The lowest BCUT2D eigenvalue weighted by molar-refractivity contribution is -0.126. The lowest BCUT2D eigenvalue weighted by Gasteiger charge is -2.37. The predicted molar refractivity (Wildman–Crippen MR) is 68.8 cm³/mol. The van der Waals surface area contributed by atoms with Gasteiger partial charge in [-0.15, -0.1) is 0 Å². The third-order valence-corrected chi connectivity index (χ3v) is 3.89. The number of Topliss-reactive ketones (excluding diaryl/α,β-unsaturated/α-hetero) is 1. The minimum absolute atomic E-state index is 0.0112. The zero-order valence-corrected chi connectivity index (χ0v) is 11.3. The summed E-state index contributed by atoms with van der Waals surface area (Å²) >= 11 is 0. The topological polar surface area (TPSA) is 44.7 Å². The molecule has 2 aliphatic rings. The highest BCUT2D eigenvalue weighted by Gasteiger charge is 2.46. The number of ketones is 1. The van der Waals surface area contributed by atoms with Crippen molar-refractivity contribution in [2.75, 3.05) is 13.1 Å². The minimum Gasteiger partial charge on any atom is -0.359 e. The van der Waals surface area contributed by atoms with Crippen molar-refractivity contribution in [3.63, 3.8) is 0 Å². The molecule has 0 spiro atoms. The highest BCUT2D eigenvalue weighted by molar-refractivity contribution is 6.06. The van der Waals surface area contributed by atoms with Gasteiger partial charge in [-0.1, -0.05) is 13.8 Å². The van der Waals surface area contributed by atoms with Crippen molar-refractivity contribution in [2.24, 2.45) is 16.4 Å². The van der Waals surface area contributed by atoms with Crippen molar-refractivity contribution in [3.8, 4) is 0 Å². The van der Waals surface area contributed by atoms with Crippen LogP contribution < -0.4 is 5.43 Å². The SMILES string of the molecule is CCN(CC)C1=NNC2CC(C)(C)CC(=O)C12. The molecule has 0 aromatic heterocycles. The summed E-state index contributed by atoms with van der Waals surface area (Å²) in [6, 6.07) is 0.210. The second-order valence-electron chi connectivity index (χ2n) is 5.87. The summed E-state index contributed by atoms with van der Waals surface area (Å²) in [7, 11) is 0. The molecule has 1 heterocycles. The van der Waals surface area contributed by atoms with Crippen LogP contribution in [0.5, 0.6) is 0 Å². The molecule has 0 bridgehead atoms. The van der Waals surface area contributed by atoms with Crippen molar-refractivity contribution in [1.29, 1.82) is 0 Å². The Labute approximate surface area is 103 Å². The Hall–Kier alpha value is -1.06. The van der Waals surface area contributed by atoms with Gasteiger partial charge in [0, 0.05) is 19.5 Å². The Balaban J connectivity index is 2.18. The van der Waals surface area contributed by atoms with Crippen LogP contribution in [0.2, 0.25) is 0 Å². The molecule has 1 aliphatic heterocycles. The fourth-order valence-corrected chi connectivity index (χ4v) is 3.07. The first-order valence-corrected chi connectivity index (χ1v) is 6.59. The van der Waals surface area contributed by atoms with Crippen LogP contribution in [0.1, 0.15) is 40.5 Å². The molecule has 0 aromatic carbocycles. The van der Waals surface area contributed by atoms with E-state index < -0.39 is 0 Å². The zero-order valence-electron chi connectivity index (χ0n) is 11.3. The Morgan fingerprint density at radius 2 is 2.06 bits per heavy atom. The third-order valence-electron chi connectivity index (χ3n) is 3.89. The second kappa shape index (κ2) is 4.31. The van der Waals surface area contributed by atoms with Crippen LogP contribution in [0.15, 0.2) is 5.10 Å². The molecule has 17 heavy (non-hydrogen) atoms. The van der Waals surface area contributed by atoms with Gasteiger partial charge < -0.3 is 10.3 Å². The number of rotatable bonds is 2. The van der Waals surface area contributed by atoms with Crippen LogP contribution in [0, 0.1) is 11.3 Å². The Bertz CT molecular complexity index is 345. The number of hydrogen-bond acceptors (Lipinski definition) is 4. The number of carbonyl (C=O) groups is 1. The molecule has 2 atom stereocenters. The third kappa shape index (κ3) is 2.17. The van der Waals surface area contributed by atoms with E-state index >= 15 is 0 Å². The molecular formula is C13H23N3O. The maximum atomic E-state index is 12.3. The van der Waals surface area contributed by atoms with Gasteiger partial charge in [0.1, 0.15) is 11.6 Å². The molecule has 0 radical (unpaired) electrons. The molecule has 1 N–H and O–H groups in total. The summed E-state index contributed by atoms with van der Waals surface area (Å²) in [6.45, 7) is 10.4. The van der Waals surface area contributed by atoms with Gasteiger partial charge in [-0.25, -0.2) is 0 Å². The molecule has 4 nitrogen and oxygen atoms in total. The van der Waals surface area contributed by atoms with Gasteiger partial charge >= 0.3 is 0 Å². The molecular weight excluding hydrogens is 214 g/mol. The number of fused-ring (bicyclic) bond motifs is 1. The molecule has 1 saturated carbocycles. The zero-order chi connectivity index (χ0) is 12.6. The maximum Gasteiger partial charge on any atom is 0.146 e. The van der Waals surface area contributed by atoms with E-state index in [1.807, 2.05) is 0 Å². The Kier molecular flexibility index (Phi) is 3.15. The summed E-state index contributed by atoms with van der Waals surface area (Å²) in [6.07, 6.45) is 1.70. The van der Waals surface area contributed by atoms with Gasteiger partial charge in [0.25, 0.3) is 0 Å². The van der Waals surface area contributed by atoms with Gasteiger partial charge in [0.15, 0.2) is 0 Å². The largest absolute Gasteiger partial charge is 0.359 e. The highest BCUT2D eigenvalue weighted by Crippen LogP contribution is 2.38. The van der Waals surface area contributed by atoms with Crippen LogP contribution >= 0.6 is 0 Å². The van der Waals surface area contributed by atoms with E-state index in [4.69, 9.17) is 0 Å². The number of nitrogens with one attached hydrogen (secondary N) is 1. The highest BCUT2D eigenvalue weighted by atomic mass is 16.1. The molecule has 2 unspecified atom stereocenters. The predicted octanol–water partition coefficient (Wildman–Crippen LogP) is 1.62. The van der Waals surface area contributed by atoms with Crippen molar-refractivity contribution >= 4 is 11.6 Å². The van der Waals surface area contributed by atoms with E-state index in [9.17, 15) is 4.79 Å². The summed E-state index contributed by atoms with van der Waals surface area (Å²) in [5.74, 6) is 1.30. The minimum atomic E-state index is -0.0112. The standard InChI is InChI=1S/C13H23N3O/c1-5-16(6-2)12-11-9(14-15-12)7-13(3,4)8-10(11)17/h9,11,14H,5-8H2,1-4H3. The molecule has 0 amide bonds. The van der Waals surface area contributed by atoms with Crippen molar-refractivity contribution in [3.05, 3.63) is 0 Å². The number of nitrogens with zero attached hydrogens (tertiary/aromatic N) is 2. The van der Waals surface area contributed by atoms with Crippen LogP contribution in [0.3, 0.4) is 0 Å². The van der Waals surface area contributed by atoms with Crippen LogP contribution in [0.4, 0.5) is 0 Å². The maximum absolute atomic E-state index is 12.3. The molecule has 0 saturated heterocycles. The van der Waals surface area contributed by atoms with Crippen LogP contribution in [-0.2, 0) is 4.79 Å². The lowest BCUT2D eigenvalue weighted by atomic mass is 9.69. The Morgan fingerprint density at radius 3 is 2.65 bits per heavy atom. The van der Waals surface area contributed by atoms with E-state index in [0.717, 1.165) is 25.3 Å². The monoisotopic (exact) mass is 237 g/mol. The summed E-state index contributed by atoms with van der Waals surface area (Å²) in [5.41, 5.74) is 3.28. The lowest BCUT2D eigenvalue weighted by Crippen LogP contribution is -2.48. The van der Waals surface area contributed by atoms with Gasteiger partial charge in [-0.2, -0.15) is 5.10 Å². The van der Waals surface area contributed by atoms with Crippen molar-refractivity contribution < 1.29 is 4.79 Å². The first-order chi connectivity index (χ1) is 7.98. The van der Waals surface area contributed by atoms with E-state index in [0.29, 0.717) is 12.2 Å². The molecule has 2 rings (SSSR count). The Morgan fingerprint density at radius 1 is 1.41 bits per heavy atom. The van der Waals surface area contributed by atoms with E-state index in [1.165, 1.54) is 0 Å². The average molecular weight is 237 g/mol. The van der Waals surface area contributed by atoms with E-state index in [2.05, 4.69) is 43.1 Å². The van der Waals surface area contributed by atoms with Crippen molar-refractivity contribution in [1.82, 2.24) is 10.3 Å². The summed E-state index contributed by atoms with van der Waals surface area (Å²) in [5, 5.41) is 4.41. The smallest absolute Gasteiger partial charge is 0.146 e. The fraction of sp³-hybridized carbons (Fsp3) is 0.846. The van der Waals surface area contributed by atoms with E-state index in [-0.39, 0.29) is 17.4 Å². The number of hydrogen-bond donors (Lipinski definition) is 1. The number of carbonyl (C=O) groups excluding carboxylic acids is 1. The normalized spacial score (nSPS) is 30.6. The molecule has 1 fully saturated rings. The first-order valence-electron chi connectivity index (χ1n) is 6.59. The fourth-order valence-electron chi connectivity index (χ4n) is 3.07. The van der Waals surface area contributed by atoms with Gasteiger partial charge in [0.2, 0.25) is 0 Å². The molecule has 0 aromatic rings. The summed E-state index contributed by atoms with van der Waals surface area (Å²) in [4.78, 5) is 14.5. The van der Waals surface area contributed by atoms with Gasteiger partial charge in [-0.3, -0.25) is 4.79 Å². The average Bonchev–Trinajstić information content (AvgIpc) is 2.62. The van der Waals surface area contributed by atoms with Gasteiger partial charge in [0.05, 0.1) is 12.0 Å². The first kappa shape index (κ1) is 12.4. The van der Waals surface area contributed by atoms with Crippen molar-refractivity contribution in [2.45, 2.75) is 46.6 Å². The second-order valence-corrected chi connectivity index (χ2v) is 5.87. The molecule has 4 heteroatoms. The summed E-state index contributed by atoms with van der Waals surface area (Å²) < 4.78 is 0. The van der Waals surface area contributed by atoms with Gasteiger partial charge in [-0.05, 0) is 25.7 Å².